The number of nitrogens with zero attached hydrogens (tertiary/aromatic N) is 3. The summed E-state index contributed by atoms with van der Waals surface area (Å²) in [5.74, 6) is 1.15. The van der Waals surface area contributed by atoms with E-state index in [0.717, 1.165) is 30.1 Å². The second-order valence-corrected chi connectivity index (χ2v) is 8.05. The molecule has 3 aromatic rings. The van der Waals surface area contributed by atoms with Crippen molar-refractivity contribution in [3.63, 3.8) is 0 Å². The van der Waals surface area contributed by atoms with E-state index in [-0.39, 0.29) is 17.4 Å². The molecule has 1 amide bonds. The van der Waals surface area contributed by atoms with Crippen LogP contribution in [0.3, 0.4) is 0 Å². The van der Waals surface area contributed by atoms with E-state index in [2.05, 4.69) is 25.2 Å². The van der Waals surface area contributed by atoms with Crippen LogP contribution in [-0.2, 0) is 11.3 Å². The van der Waals surface area contributed by atoms with Crippen molar-refractivity contribution in [1.29, 1.82) is 0 Å². The van der Waals surface area contributed by atoms with Gasteiger partial charge in [0, 0.05) is 19.6 Å². The monoisotopic (exact) mass is 429 g/mol. The Morgan fingerprint density at radius 2 is 2.17 bits per heavy atom. The molecule has 1 aliphatic rings. The standard InChI is InChI=1S/C20H23N5O4S/c1-28-14-6-5-12(8-15(14)29-2)9-21-18(26)13-4-3-7-25(10-13)20-24-17-16(30-20)19(27)23-11-22-17/h5-6,8,11,13H,3-4,7,9-10H2,1-2H3,(H,21,26)(H,22,23,27). The topological polar surface area (TPSA) is 109 Å². The molecule has 2 N–H and O–H groups in total. The van der Waals surface area contributed by atoms with Crippen molar-refractivity contribution in [1.82, 2.24) is 20.3 Å². The molecule has 1 fully saturated rings. The predicted octanol–water partition coefficient (Wildman–Crippen LogP) is 1.93. The lowest BCUT2D eigenvalue weighted by atomic mass is 9.97. The van der Waals surface area contributed by atoms with E-state index >= 15 is 0 Å². The number of ether oxygens (including phenoxy) is 2. The minimum Gasteiger partial charge on any atom is -0.493 e. The smallest absolute Gasteiger partial charge is 0.270 e. The summed E-state index contributed by atoms with van der Waals surface area (Å²) in [4.78, 5) is 37.9. The summed E-state index contributed by atoms with van der Waals surface area (Å²) >= 11 is 1.31. The summed E-state index contributed by atoms with van der Waals surface area (Å²) in [6.45, 7) is 1.78. The molecular formula is C20H23N5O4S. The zero-order valence-corrected chi connectivity index (χ0v) is 17.6. The van der Waals surface area contributed by atoms with E-state index in [1.54, 1.807) is 14.2 Å². The van der Waals surface area contributed by atoms with Gasteiger partial charge >= 0.3 is 0 Å². The highest BCUT2D eigenvalue weighted by Gasteiger charge is 2.27. The van der Waals surface area contributed by atoms with Gasteiger partial charge in [-0.3, -0.25) is 9.59 Å². The Bertz CT molecular complexity index is 1110. The van der Waals surface area contributed by atoms with Crippen molar-refractivity contribution < 1.29 is 14.3 Å². The molecule has 30 heavy (non-hydrogen) atoms. The van der Waals surface area contributed by atoms with Crippen LogP contribution in [0.25, 0.3) is 10.3 Å². The number of hydrogen-bond donors (Lipinski definition) is 2. The molecule has 1 aliphatic heterocycles. The number of thiazole rings is 1. The van der Waals surface area contributed by atoms with Crippen LogP contribution in [0.4, 0.5) is 5.13 Å². The molecule has 4 rings (SSSR count). The Morgan fingerprint density at radius 3 is 2.93 bits per heavy atom. The van der Waals surface area contributed by atoms with E-state index in [9.17, 15) is 9.59 Å². The quantitative estimate of drug-likeness (QED) is 0.616. The number of methoxy groups -OCH3 is 2. The minimum atomic E-state index is -0.190. The lowest BCUT2D eigenvalue weighted by Crippen LogP contribution is -2.42. The number of anilines is 1. The SMILES string of the molecule is COc1ccc(CNC(=O)C2CCCN(c3nc4nc[nH]c(=O)c4s3)C2)cc1OC. The highest BCUT2D eigenvalue weighted by atomic mass is 32.1. The van der Waals surface area contributed by atoms with Gasteiger partial charge in [0.15, 0.2) is 22.3 Å². The third kappa shape index (κ3) is 4.09. The Labute approximate surface area is 177 Å². The van der Waals surface area contributed by atoms with E-state index in [1.165, 1.54) is 17.7 Å². The Morgan fingerprint density at radius 1 is 1.33 bits per heavy atom. The van der Waals surface area contributed by atoms with Gasteiger partial charge in [-0.05, 0) is 30.5 Å². The van der Waals surface area contributed by atoms with Crippen LogP contribution in [0.2, 0.25) is 0 Å². The summed E-state index contributed by atoms with van der Waals surface area (Å²) in [6, 6.07) is 5.59. The van der Waals surface area contributed by atoms with Gasteiger partial charge < -0.3 is 24.7 Å². The summed E-state index contributed by atoms with van der Waals surface area (Å²) in [7, 11) is 3.17. The van der Waals surface area contributed by atoms with Crippen molar-refractivity contribution in [3.05, 3.63) is 40.4 Å². The average Bonchev–Trinajstić information content (AvgIpc) is 3.23. The van der Waals surface area contributed by atoms with Crippen LogP contribution in [0.15, 0.2) is 29.3 Å². The number of aromatic nitrogens is 3. The van der Waals surface area contributed by atoms with E-state index in [4.69, 9.17) is 9.47 Å². The number of aromatic amines is 1. The molecule has 3 heterocycles. The maximum absolute atomic E-state index is 12.8. The van der Waals surface area contributed by atoms with Crippen LogP contribution < -0.4 is 25.2 Å². The molecule has 1 aromatic carbocycles. The first-order valence-electron chi connectivity index (χ1n) is 9.67. The third-order valence-corrected chi connectivity index (χ3v) is 6.27. The molecule has 0 saturated carbocycles. The molecule has 1 atom stereocenters. The number of nitrogens with one attached hydrogen (secondary N) is 2. The molecule has 2 aromatic heterocycles. The number of fused-ring (bicyclic) bond motifs is 1. The number of carbonyl (C=O) groups excluding carboxylic acids is 1. The maximum Gasteiger partial charge on any atom is 0.270 e. The molecular weight excluding hydrogens is 406 g/mol. The minimum absolute atomic E-state index is 0.00608. The normalized spacial score (nSPS) is 16.5. The number of benzene rings is 1. The molecule has 1 unspecified atom stereocenters. The largest absolute Gasteiger partial charge is 0.493 e. The number of carbonyl (C=O) groups is 1. The van der Waals surface area contributed by atoms with Gasteiger partial charge in [-0.2, -0.15) is 4.98 Å². The second-order valence-electron chi connectivity index (χ2n) is 7.07. The zero-order valence-electron chi connectivity index (χ0n) is 16.8. The summed E-state index contributed by atoms with van der Waals surface area (Å²) in [5, 5.41) is 3.75. The fourth-order valence-electron chi connectivity index (χ4n) is 3.58. The lowest BCUT2D eigenvalue weighted by molar-refractivity contribution is -0.125. The van der Waals surface area contributed by atoms with E-state index in [0.29, 0.717) is 34.9 Å². The fraction of sp³-hybridized carbons (Fsp3) is 0.400. The number of H-pyrrole nitrogens is 1. The summed E-state index contributed by atoms with van der Waals surface area (Å²) in [6.07, 6.45) is 3.06. The van der Waals surface area contributed by atoms with Crippen LogP contribution in [-0.4, -0.2) is 48.2 Å². The summed E-state index contributed by atoms with van der Waals surface area (Å²) in [5.41, 5.74) is 1.19. The highest BCUT2D eigenvalue weighted by molar-refractivity contribution is 7.22. The Kier molecular flexibility index (Phi) is 5.84. The van der Waals surface area contributed by atoms with Crippen molar-refractivity contribution in [2.24, 2.45) is 5.92 Å². The fourth-order valence-corrected chi connectivity index (χ4v) is 4.53. The molecule has 0 bridgehead atoms. The zero-order chi connectivity index (χ0) is 21.1. The number of amides is 1. The van der Waals surface area contributed by atoms with Crippen molar-refractivity contribution >= 4 is 32.7 Å². The van der Waals surface area contributed by atoms with Gasteiger partial charge in [0.25, 0.3) is 5.56 Å². The van der Waals surface area contributed by atoms with Crippen LogP contribution in [0.1, 0.15) is 18.4 Å². The first kappa shape index (κ1) is 20.1. The molecule has 0 radical (unpaired) electrons. The van der Waals surface area contributed by atoms with Gasteiger partial charge in [-0.15, -0.1) is 0 Å². The lowest BCUT2D eigenvalue weighted by Gasteiger charge is -2.31. The molecule has 10 heteroatoms. The Balaban J connectivity index is 1.41. The molecule has 0 aliphatic carbocycles. The van der Waals surface area contributed by atoms with Crippen molar-refractivity contribution in [3.8, 4) is 11.5 Å². The van der Waals surface area contributed by atoms with Crippen LogP contribution >= 0.6 is 11.3 Å². The third-order valence-electron chi connectivity index (χ3n) is 5.16. The predicted molar refractivity (Wildman–Crippen MR) is 114 cm³/mol. The van der Waals surface area contributed by atoms with Gasteiger partial charge in [0.2, 0.25) is 5.91 Å². The van der Waals surface area contributed by atoms with E-state index in [1.807, 2.05) is 18.2 Å². The first-order chi connectivity index (χ1) is 14.6. The van der Waals surface area contributed by atoms with Gasteiger partial charge in [0.05, 0.1) is 26.5 Å². The average molecular weight is 430 g/mol. The molecule has 1 saturated heterocycles. The molecule has 158 valence electrons. The number of rotatable bonds is 6. The maximum atomic E-state index is 12.8. The number of piperidine rings is 1. The molecule has 9 nitrogen and oxygen atoms in total. The number of hydrogen-bond acceptors (Lipinski definition) is 8. The van der Waals surface area contributed by atoms with Crippen molar-refractivity contribution in [2.45, 2.75) is 19.4 Å². The molecule has 0 spiro atoms. The van der Waals surface area contributed by atoms with E-state index < -0.39 is 0 Å². The van der Waals surface area contributed by atoms with Gasteiger partial charge in [0.1, 0.15) is 4.70 Å². The van der Waals surface area contributed by atoms with Crippen molar-refractivity contribution in [2.75, 3.05) is 32.2 Å². The second kappa shape index (κ2) is 8.70. The summed E-state index contributed by atoms with van der Waals surface area (Å²) < 4.78 is 11.1. The first-order valence-corrected chi connectivity index (χ1v) is 10.5. The Hall–Kier alpha value is -3.14. The highest BCUT2D eigenvalue weighted by Crippen LogP contribution is 2.30. The van der Waals surface area contributed by atoms with Gasteiger partial charge in [-0.25, -0.2) is 4.98 Å². The van der Waals surface area contributed by atoms with Crippen LogP contribution in [0.5, 0.6) is 11.5 Å². The van der Waals surface area contributed by atoms with Crippen LogP contribution in [0, 0.1) is 5.92 Å². The van der Waals surface area contributed by atoms with Gasteiger partial charge in [-0.1, -0.05) is 17.4 Å².